The zero-order valence-corrected chi connectivity index (χ0v) is 12.7. The molecule has 2 amide bonds. The van der Waals surface area contributed by atoms with Gasteiger partial charge in [-0.05, 0) is 38.0 Å². The molecule has 0 atom stereocenters. The first kappa shape index (κ1) is 17.7. The summed E-state index contributed by atoms with van der Waals surface area (Å²) in [6.07, 6.45) is 3.16. The van der Waals surface area contributed by atoms with E-state index in [1.165, 1.54) is 0 Å². The number of amides is 2. The molecule has 0 aromatic carbocycles. The molecule has 0 radical (unpaired) electrons. The van der Waals surface area contributed by atoms with Gasteiger partial charge in [-0.1, -0.05) is 0 Å². The number of hydrogen-bond donors (Lipinski definition) is 4. The maximum absolute atomic E-state index is 11.5. The Morgan fingerprint density at radius 3 is 2.29 bits per heavy atom. The minimum atomic E-state index is -3.48. The van der Waals surface area contributed by atoms with E-state index in [2.05, 4.69) is 10.6 Å². The standard InChI is InChI=1S/C12H23N3O5S/c13-21(19,20)7-1-6-14-12(18)15-8-9-2-4-10(5-3-9)11(16)17/h9-10H,1-8H2,(H,16,17)(H2,13,19,20)(H2,14,15,18). The van der Waals surface area contributed by atoms with Crippen LogP contribution in [0.3, 0.4) is 0 Å². The van der Waals surface area contributed by atoms with Crippen molar-refractivity contribution in [1.29, 1.82) is 0 Å². The fourth-order valence-electron chi connectivity index (χ4n) is 2.39. The SMILES string of the molecule is NS(=O)(=O)CCCNC(=O)NCC1CCC(C(=O)O)CC1. The molecule has 0 aromatic heterocycles. The van der Waals surface area contributed by atoms with Gasteiger partial charge in [0.15, 0.2) is 0 Å². The smallest absolute Gasteiger partial charge is 0.314 e. The molecule has 0 unspecified atom stereocenters. The van der Waals surface area contributed by atoms with Crippen LogP contribution in [0.5, 0.6) is 0 Å². The molecule has 1 fully saturated rings. The summed E-state index contributed by atoms with van der Waals surface area (Å²) in [5, 5.41) is 19.0. The third kappa shape index (κ3) is 7.86. The lowest BCUT2D eigenvalue weighted by atomic mass is 9.82. The second-order valence-electron chi connectivity index (χ2n) is 5.41. The summed E-state index contributed by atoms with van der Waals surface area (Å²) < 4.78 is 21.4. The lowest BCUT2D eigenvalue weighted by molar-refractivity contribution is -0.143. The van der Waals surface area contributed by atoms with Gasteiger partial charge in [0.25, 0.3) is 0 Å². The number of nitrogens with one attached hydrogen (secondary N) is 2. The zero-order chi connectivity index (χ0) is 15.9. The summed E-state index contributed by atoms with van der Waals surface area (Å²) in [5.41, 5.74) is 0. The predicted molar refractivity (Wildman–Crippen MR) is 77.1 cm³/mol. The molecule has 5 N–H and O–H groups in total. The number of hydrogen-bond acceptors (Lipinski definition) is 4. The Kier molecular flexibility index (Phi) is 6.90. The molecular formula is C12H23N3O5S. The number of carbonyl (C=O) groups excluding carboxylic acids is 1. The van der Waals surface area contributed by atoms with Gasteiger partial charge in [0.2, 0.25) is 10.0 Å². The van der Waals surface area contributed by atoms with Crippen molar-refractivity contribution in [2.45, 2.75) is 32.1 Å². The van der Waals surface area contributed by atoms with Crippen LogP contribution in [0.2, 0.25) is 0 Å². The quantitative estimate of drug-likeness (QED) is 0.483. The summed E-state index contributed by atoms with van der Waals surface area (Å²) in [4.78, 5) is 22.3. The van der Waals surface area contributed by atoms with Gasteiger partial charge in [-0.3, -0.25) is 4.79 Å². The van der Waals surface area contributed by atoms with Crippen LogP contribution in [0.1, 0.15) is 32.1 Å². The average Bonchev–Trinajstić information content (AvgIpc) is 2.41. The molecule has 8 nitrogen and oxygen atoms in total. The first-order chi connectivity index (χ1) is 9.78. The molecule has 0 aromatic rings. The Morgan fingerprint density at radius 1 is 1.14 bits per heavy atom. The summed E-state index contributed by atoms with van der Waals surface area (Å²) >= 11 is 0. The molecule has 0 bridgehead atoms. The molecule has 9 heteroatoms. The average molecular weight is 321 g/mol. The van der Waals surface area contributed by atoms with Crippen LogP contribution in [0.15, 0.2) is 0 Å². The van der Waals surface area contributed by atoms with Crippen LogP contribution < -0.4 is 15.8 Å². The molecular weight excluding hydrogens is 298 g/mol. The Balaban J connectivity index is 2.10. The summed E-state index contributed by atoms with van der Waals surface area (Å²) in [5.74, 6) is -0.856. The van der Waals surface area contributed by atoms with Crippen molar-refractivity contribution >= 4 is 22.0 Å². The minimum Gasteiger partial charge on any atom is -0.481 e. The van der Waals surface area contributed by atoms with Crippen molar-refractivity contribution in [3.05, 3.63) is 0 Å². The molecule has 0 heterocycles. The van der Waals surface area contributed by atoms with Crippen molar-refractivity contribution < 1.29 is 23.1 Å². The van der Waals surface area contributed by atoms with Gasteiger partial charge < -0.3 is 15.7 Å². The first-order valence-corrected chi connectivity index (χ1v) is 8.74. The van der Waals surface area contributed by atoms with Crippen molar-refractivity contribution in [2.75, 3.05) is 18.8 Å². The molecule has 1 rings (SSSR count). The van der Waals surface area contributed by atoms with E-state index in [1.807, 2.05) is 0 Å². The number of nitrogens with two attached hydrogens (primary N) is 1. The van der Waals surface area contributed by atoms with E-state index in [-0.39, 0.29) is 30.7 Å². The number of carbonyl (C=O) groups is 2. The zero-order valence-electron chi connectivity index (χ0n) is 11.9. The van der Waals surface area contributed by atoms with Gasteiger partial charge in [-0.25, -0.2) is 18.4 Å². The first-order valence-electron chi connectivity index (χ1n) is 7.03. The highest BCUT2D eigenvalue weighted by Gasteiger charge is 2.25. The Morgan fingerprint density at radius 2 is 1.76 bits per heavy atom. The third-order valence-electron chi connectivity index (χ3n) is 3.64. The van der Waals surface area contributed by atoms with Crippen LogP contribution in [0.4, 0.5) is 4.79 Å². The Hall–Kier alpha value is -1.35. The lowest BCUT2D eigenvalue weighted by Gasteiger charge is -2.26. The fraction of sp³-hybridized carbons (Fsp3) is 0.833. The molecule has 0 saturated heterocycles. The second-order valence-corrected chi connectivity index (χ2v) is 7.15. The Bertz CT molecular complexity index is 458. The Labute approximate surface area is 124 Å². The van der Waals surface area contributed by atoms with Gasteiger partial charge in [0.1, 0.15) is 0 Å². The molecule has 1 aliphatic carbocycles. The molecule has 122 valence electrons. The highest BCUT2D eigenvalue weighted by molar-refractivity contribution is 7.89. The van der Waals surface area contributed by atoms with E-state index < -0.39 is 16.0 Å². The third-order valence-corrected chi connectivity index (χ3v) is 4.50. The number of rotatable bonds is 7. The van der Waals surface area contributed by atoms with Gasteiger partial charge in [-0.2, -0.15) is 0 Å². The predicted octanol–water partition coefficient (Wildman–Crippen LogP) is -0.145. The summed E-state index contributed by atoms with van der Waals surface area (Å²) in [6, 6.07) is -0.343. The van der Waals surface area contributed by atoms with E-state index in [1.54, 1.807) is 0 Å². The van der Waals surface area contributed by atoms with Gasteiger partial charge >= 0.3 is 12.0 Å². The summed E-state index contributed by atoms with van der Waals surface area (Å²) in [6.45, 7) is 0.751. The largest absolute Gasteiger partial charge is 0.481 e. The number of primary sulfonamides is 1. The van der Waals surface area contributed by atoms with Gasteiger partial charge in [-0.15, -0.1) is 0 Å². The highest BCUT2D eigenvalue weighted by atomic mass is 32.2. The second kappa shape index (κ2) is 8.18. The molecule has 0 spiro atoms. The monoisotopic (exact) mass is 321 g/mol. The number of urea groups is 1. The number of carboxylic acid groups (broad SMARTS) is 1. The highest BCUT2D eigenvalue weighted by Crippen LogP contribution is 2.28. The molecule has 1 saturated carbocycles. The minimum absolute atomic E-state index is 0.160. The van der Waals surface area contributed by atoms with Crippen LogP contribution in [0.25, 0.3) is 0 Å². The maximum Gasteiger partial charge on any atom is 0.314 e. The maximum atomic E-state index is 11.5. The van der Waals surface area contributed by atoms with E-state index >= 15 is 0 Å². The van der Waals surface area contributed by atoms with Gasteiger partial charge in [0, 0.05) is 13.1 Å². The number of sulfonamides is 1. The van der Waals surface area contributed by atoms with Crippen molar-refractivity contribution in [1.82, 2.24) is 10.6 Å². The van der Waals surface area contributed by atoms with E-state index in [4.69, 9.17) is 10.2 Å². The van der Waals surface area contributed by atoms with E-state index in [9.17, 15) is 18.0 Å². The lowest BCUT2D eigenvalue weighted by Crippen LogP contribution is -2.40. The molecule has 1 aliphatic rings. The van der Waals surface area contributed by atoms with E-state index in [0.717, 1.165) is 12.8 Å². The molecule has 0 aliphatic heterocycles. The van der Waals surface area contributed by atoms with Gasteiger partial charge in [0.05, 0.1) is 11.7 Å². The van der Waals surface area contributed by atoms with Crippen LogP contribution in [-0.4, -0.2) is 44.4 Å². The fourth-order valence-corrected chi connectivity index (χ4v) is 2.94. The van der Waals surface area contributed by atoms with Crippen molar-refractivity contribution in [2.24, 2.45) is 17.0 Å². The van der Waals surface area contributed by atoms with Crippen LogP contribution >= 0.6 is 0 Å². The normalized spacial score (nSPS) is 22.5. The van der Waals surface area contributed by atoms with E-state index in [0.29, 0.717) is 25.3 Å². The van der Waals surface area contributed by atoms with Crippen LogP contribution in [-0.2, 0) is 14.8 Å². The summed E-state index contributed by atoms with van der Waals surface area (Å²) in [7, 11) is -3.48. The molecule has 21 heavy (non-hydrogen) atoms. The number of aliphatic carboxylic acids is 1. The number of carboxylic acids is 1. The van der Waals surface area contributed by atoms with Crippen molar-refractivity contribution in [3.8, 4) is 0 Å². The topological polar surface area (TPSA) is 139 Å². The van der Waals surface area contributed by atoms with Crippen molar-refractivity contribution in [3.63, 3.8) is 0 Å². The van der Waals surface area contributed by atoms with Crippen LogP contribution in [0, 0.1) is 11.8 Å².